The van der Waals surface area contributed by atoms with Crippen molar-refractivity contribution >= 4 is 24.2 Å². The molecule has 0 aromatic carbocycles. The number of hydrogen-bond acceptors (Lipinski definition) is 5. The lowest BCUT2D eigenvalue weighted by Crippen LogP contribution is -2.59. The Morgan fingerprint density at radius 3 is 2.29 bits per heavy atom. The minimum absolute atomic E-state index is 0.139. The van der Waals surface area contributed by atoms with Crippen LogP contribution in [0, 0.1) is 11.3 Å². The van der Waals surface area contributed by atoms with E-state index in [2.05, 4.69) is 10.6 Å². The number of aldehydes is 1. The molecule has 8 nitrogen and oxygen atoms in total. The number of nitrogens with one attached hydrogen (secondary N) is 2. The van der Waals surface area contributed by atoms with Crippen molar-refractivity contribution in [3.05, 3.63) is 0 Å². The van der Waals surface area contributed by atoms with E-state index in [1.165, 1.54) is 0 Å². The Labute approximate surface area is 211 Å². The largest absolute Gasteiger partial charge is 0.444 e. The highest BCUT2D eigenvalue weighted by molar-refractivity contribution is 5.93. The Hall–Kier alpha value is -2.12. The number of nitrogens with zero attached hydrogens (tertiary/aromatic N) is 1. The van der Waals surface area contributed by atoms with Crippen LogP contribution in [0.1, 0.15) is 106 Å². The van der Waals surface area contributed by atoms with Gasteiger partial charge in [0.1, 0.15) is 24.0 Å². The van der Waals surface area contributed by atoms with Gasteiger partial charge in [0.05, 0.1) is 6.04 Å². The Morgan fingerprint density at radius 1 is 1.09 bits per heavy atom. The monoisotopic (exact) mass is 493 g/mol. The molecule has 0 unspecified atom stereocenters. The summed E-state index contributed by atoms with van der Waals surface area (Å²) in [4.78, 5) is 53.1. The maximum Gasteiger partial charge on any atom is 0.408 e. The van der Waals surface area contributed by atoms with Gasteiger partial charge in [0, 0.05) is 6.54 Å². The summed E-state index contributed by atoms with van der Waals surface area (Å²) in [6, 6.07) is -2.02. The quantitative estimate of drug-likeness (QED) is 0.557. The van der Waals surface area contributed by atoms with Crippen molar-refractivity contribution in [3.63, 3.8) is 0 Å². The second kappa shape index (κ2) is 12.7. The van der Waals surface area contributed by atoms with E-state index in [4.69, 9.17) is 4.74 Å². The summed E-state index contributed by atoms with van der Waals surface area (Å²) in [6.45, 7) is 11.8. The molecule has 2 fully saturated rings. The third-order valence-corrected chi connectivity index (χ3v) is 7.11. The van der Waals surface area contributed by atoms with Gasteiger partial charge in [0.2, 0.25) is 11.8 Å². The van der Waals surface area contributed by atoms with Crippen molar-refractivity contribution < 1.29 is 23.9 Å². The number of hydrogen-bond donors (Lipinski definition) is 2. The van der Waals surface area contributed by atoms with E-state index in [1.807, 2.05) is 20.8 Å². The van der Waals surface area contributed by atoms with E-state index >= 15 is 0 Å². The highest BCUT2D eigenvalue weighted by Gasteiger charge is 2.45. The smallest absolute Gasteiger partial charge is 0.408 e. The fourth-order valence-electron chi connectivity index (χ4n) is 5.15. The molecule has 0 spiro atoms. The Bertz CT molecular complexity index is 746. The fourth-order valence-corrected chi connectivity index (χ4v) is 5.15. The molecule has 8 heteroatoms. The lowest BCUT2D eigenvalue weighted by Gasteiger charge is -2.38. The number of fused-ring (bicyclic) bond motifs is 1. The average Bonchev–Trinajstić information content (AvgIpc) is 3.14. The number of carbonyl (C=O) groups excluding carboxylic acids is 4. The van der Waals surface area contributed by atoms with Crippen molar-refractivity contribution in [3.8, 4) is 0 Å². The van der Waals surface area contributed by atoms with Crippen LogP contribution in [-0.2, 0) is 19.1 Å². The van der Waals surface area contributed by atoms with Gasteiger partial charge >= 0.3 is 6.09 Å². The van der Waals surface area contributed by atoms with Crippen LogP contribution in [0.2, 0.25) is 0 Å². The minimum atomic E-state index is -0.824. The Balaban J connectivity index is 2.33. The number of ether oxygens (including phenoxy) is 1. The molecular formula is C27H47N3O5. The Kier molecular flexibility index (Phi) is 10.6. The first-order valence-corrected chi connectivity index (χ1v) is 13.4. The predicted octanol–water partition coefficient (Wildman–Crippen LogP) is 4.35. The summed E-state index contributed by atoms with van der Waals surface area (Å²) in [5, 5.41) is 5.72. The van der Waals surface area contributed by atoms with Crippen LogP contribution < -0.4 is 10.6 Å². The summed E-state index contributed by atoms with van der Waals surface area (Å²) in [5.74, 6) is -0.421. The number of rotatable bonds is 2. The van der Waals surface area contributed by atoms with Gasteiger partial charge in [-0.05, 0) is 51.4 Å². The first-order valence-electron chi connectivity index (χ1n) is 13.4. The number of carbonyl (C=O) groups is 4. The molecule has 2 heterocycles. The predicted molar refractivity (Wildman–Crippen MR) is 136 cm³/mol. The standard InChI is InChI=1S/C27H47N3O5/c1-19-16-21-23(32)28-20(18-31)14-12-10-8-7-9-11-13-15-27(5,6)22(24(33)30(21)17-19)29-25(34)35-26(2,3)4/h18-22H,7-17H2,1-6H3,(H,28,32)(H,29,34)/t19-,20+,21+,22-/m1/s1. The third kappa shape index (κ3) is 9.12. The summed E-state index contributed by atoms with van der Waals surface area (Å²) in [5.41, 5.74) is -1.22. The van der Waals surface area contributed by atoms with Crippen LogP contribution in [0.5, 0.6) is 0 Å². The molecule has 0 aromatic rings. The van der Waals surface area contributed by atoms with E-state index < -0.39 is 35.2 Å². The topological polar surface area (TPSA) is 105 Å². The summed E-state index contributed by atoms with van der Waals surface area (Å²) in [6.07, 6.45) is 9.39. The van der Waals surface area contributed by atoms with Crippen molar-refractivity contribution in [2.45, 2.75) is 129 Å². The Morgan fingerprint density at radius 2 is 1.69 bits per heavy atom. The highest BCUT2D eigenvalue weighted by Crippen LogP contribution is 2.33. The molecule has 4 atom stereocenters. The van der Waals surface area contributed by atoms with Crippen molar-refractivity contribution in [2.24, 2.45) is 11.3 Å². The zero-order valence-electron chi connectivity index (χ0n) is 22.7. The number of amides is 3. The van der Waals surface area contributed by atoms with E-state index in [9.17, 15) is 19.2 Å². The molecule has 2 aliphatic heterocycles. The van der Waals surface area contributed by atoms with Gasteiger partial charge in [-0.25, -0.2) is 4.79 Å². The number of alkyl carbamates (subject to hydrolysis) is 1. The minimum Gasteiger partial charge on any atom is -0.444 e. The van der Waals surface area contributed by atoms with Crippen LogP contribution >= 0.6 is 0 Å². The first-order chi connectivity index (χ1) is 16.3. The average molecular weight is 494 g/mol. The van der Waals surface area contributed by atoms with Crippen molar-refractivity contribution in [1.82, 2.24) is 15.5 Å². The van der Waals surface area contributed by atoms with Gasteiger partial charge < -0.3 is 25.1 Å². The van der Waals surface area contributed by atoms with E-state index in [1.54, 1.807) is 25.7 Å². The van der Waals surface area contributed by atoms with E-state index in [-0.39, 0.29) is 17.7 Å². The van der Waals surface area contributed by atoms with Gasteiger partial charge in [-0.2, -0.15) is 0 Å². The van der Waals surface area contributed by atoms with Crippen LogP contribution in [0.3, 0.4) is 0 Å². The van der Waals surface area contributed by atoms with Crippen LogP contribution in [0.25, 0.3) is 0 Å². The van der Waals surface area contributed by atoms with Gasteiger partial charge in [0.15, 0.2) is 0 Å². The zero-order chi connectivity index (χ0) is 26.2. The van der Waals surface area contributed by atoms with Crippen LogP contribution in [-0.4, -0.2) is 59.4 Å². The molecule has 0 bridgehead atoms. The maximum atomic E-state index is 13.9. The van der Waals surface area contributed by atoms with Gasteiger partial charge in [-0.15, -0.1) is 0 Å². The first kappa shape index (κ1) is 29.1. The van der Waals surface area contributed by atoms with Crippen molar-refractivity contribution in [2.75, 3.05) is 6.54 Å². The van der Waals surface area contributed by atoms with Crippen molar-refractivity contribution in [1.29, 1.82) is 0 Å². The SMILES string of the molecule is C[C@@H]1C[C@H]2C(=O)N[C@H](C=O)CCCCCCCCCC(C)(C)[C@H](NC(=O)OC(C)(C)C)C(=O)N2C1. The lowest BCUT2D eigenvalue weighted by atomic mass is 9.78. The van der Waals surface area contributed by atoms with E-state index in [0.717, 1.165) is 57.7 Å². The molecule has 0 radical (unpaired) electrons. The van der Waals surface area contributed by atoms with Gasteiger partial charge in [0.25, 0.3) is 0 Å². The zero-order valence-corrected chi connectivity index (χ0v) is 22.7. The fraction of sp³-hybridized carbons (Fsp3) is 0.852. The molecule has 2 rings (SSSR count). The lowest BCUT2D eigenvalue weighted by molar-refractivity contribution is -0.142. The van der Waals surface area contributed by atoms with E-state index in [0.29, 0.717) is 19.4 Å². The molecule has 200 valence electrons. The molecule has 0 aromatic heterocycles. The van der Waals surface area contributed by atoms with Gasteiger partial charge in [-0.1, -0.05) is 65.7 Å². The molecule has 2 N–H and O–H groups in total. The van der Waals surface area contributed by atoms with Crippen LogP contribution in [0.4, 0.5) is 4.79 Å². The normalized spacial score (nSPS) is 29.5. The highest BCUT2D eigenvalue weighted by atomic mass is 16.6. The molecule has 2 aliphatic rings. The molecule has 0 aliphatic carbocycles. The third-order valence-electron chi connectivity index (χ3n) is 7.11. The molecule has 3 amide bonds. The van der Waals surface area contributed by atoms with Crippen LogP contribution in [0.15, 0.2) is 0 Å². The second-order valence-corrected chi connectivity index (χ2v) is 12.2. The summed E-state index contributed by atoms with van der Waals surface area (Å²) in [7, 11) is 0. The maximum absolute atomic E-state index is 13.9. The molecule has 0 saturated carbocycles. The summed E-state index contributed by atoms with van der Waals surface area (Å²) < 4.78 is 5.48. The molecule has 2 saturated heterocycles. The molecular weight excluding hydrogens is 446 g/mol. The second-order valence-electron chi connectivity index (χ2n) is 12.2. The van der Waals surface area contributed by atoms with Gasteiger partial charge in [-0.3, -0.25) is 9.59 Å². The molecule has 35 heavy (non-hydrogen) atoms. The summed E-state index contributed by atoms with van der Waals surface area (Å²) >= 11 is 0.